The lowest BCUT2D eigenvalue weighted by atomic mass is 10.1. The summed E-state index contributed by atoms with van der Waals surface area (Å²) in [6, 6.07) is 5.11. The average molecular weight is 321 g/mol. The molecule has 7 heteroatoms. The van der Waals surface area contributed by atoms with E-state index >= 15 is 0 Å². The van der Waals surface area contributed by atoms with Crippen LogP contribution in [-0.4, -0.2) is 23.5 Å². The first-order chi connectivity index (χ1) is 10.2. The number of carbonyl (C=O) groups excluding carboxylic acids is 3. The summed E-state index contributed by atoms with van der Waals surface area (Å²) in [6.07, 6.45) is 1.21. The second-order valence-corrected chi connectivity index (χ2v) is 5.78. The molecule has 0 aromatic heterocycles. The molecule has 1 heterocycles. The lowest BCUT2D eigenvalue weighted by Gasteiger charge is -2.29. The van der Waals surface area contributed by atoms with Crippen molar-refractivity contribution in [3.63, 3.8) is 0 Å². The van der Waals surface area contributed by atoms with Gasteiger partial charge in [-0.1, -0.05) is 12.1 Å². The Morgan fingerprint density at radius 3 is 2.36 bits per heavy atom. The van der Waals surface area contributed by atoms with Gasteiger partial charge in [0.2, 0.25) is 0 Å². The lowest BCUT2D eigenvalue weighted by molar-refractivity contribution is -0.222. The van der Waals surface area contributed by atoms with E-state index in [0.29, 0.717) is 16.6 Å². The van der Waals surface area contributed by atoms with Gasteiger partial charge in [-0.15, -0.1) is 9.24 Å². The maximum Gasteiger partial charge on any atom is 0.350 e. The van der Waals surface area contributed by atoms with E-state index in [9.17, 15) is 14.4 Å². The number of nitrogens with one attached hydrogen (secondary N) is 1. The Morgan fingerprint density at radius 2 is 1.82 bits per heavy atom. The van der Waals surface area contributed by atoms with Gasteiger partial charge >= 0.3 is 11.9 Å². The number of ether oxygens (including phenoxy) is 2. The summed E-state index contributed by atoms with van der Waals surface area (Å²) in [6.45, 7) is 4.41. The van der Waals surface area contributed by atoms with Crippen molar-refractivity contribution in [3.8, 4) is 0 Å². The Labute approximate surface area is 130 Å². The number of anilines is 1. The van der Waals surface area contributed by atoms with Gasteiger partial charge in [0.25, 0.3) is 5.79 Å². The first-order valence-corrected chi connectivity index (χ1v) is 7.12. The van der Waals surface area contributed by atoms with Crippen LogP contribution in [0.5, 0.6) is 0 Å². The molecule has 1 unspecified atom stereocenters. The number of hydrogen-bond donors (Lipinski definition) is 1. The molecule has 1 aromatic carbocycles. The number of benzene rings is 1. The van der Waals surface area contributed by atoms with Crippen molar-refractivity contribution < 1.29 is 23.9 Å². The molecule has 22 heavy (non-hydrogen) atoms. The zero-order valence-corrected chi connectivity index (χ0v) is 13.6. The van der Waals surface area contributed by atoms with Crippen LogP contribution in [0.4, 0.5) is 5.69 Å². The van der Waals surface area contributed by atoms with Gasteiger partial charge in [0, 0.05) is 36.6 Å². The zero-order chi connectivity index (χ0) is 16.5. The minimum Gasteiger partial charge on any atom is -0.419 e. The van der Waals surface area contributed by atoms with E-state index in [4.69, 9.17) is 9.47 Å². The van der Waals surface area contributed by atoms with Crippen molar-refractivity contribution in [1.29, 1.82) is 0 Å². The molecule has 0 aliphatic carbocycles. The number of carbonyl (C=O) groups is 3. The minimum absolute atomic E-state index is 0.0838. The zero-order valence-electron chi connectivity index (χ0n) is 12.4. The van der Waals surface area contributed by atoms with Gasteiger partial charge in [-0.25, -0.2) is 9.59 Å². The fraction of sp³-hybridized carbons (Fsp3) is 0.267. The summed E-state index contributed by atoms with van der Waals surface area (Å²) in [5.41, 5.74) is 0.871. The van der Waals surface area contributed by atoms with Crippen molar-refractivity contribution in [2.24, 2.45) is 0 Å². The molecule has 2 rings (SSSR count). The largest absolute Gasteiger partial charge is 0.419 e. The van der Waals surface area contributed by atoms with Crippen LogP contribution in [0.2, 0.25) is 0 Å². The van der Waals surface area contributed by atoms with Crippen LogP contribution in [0.1, 0.15) is 31.1 Å². The molecular formula is C15H16NO5P. The number of cyclic esters (lactones) is 2. The highest BCUT2D eigenvalue weighted by Crippen LogP contribution is 2.22. The van der Waals surface area contributed by atoms with Crippen LogP contribution in [0.3, 0.4) is 0 Å². The molecule has 0 spiro atoms. The van der Waals surface area contributed by atoms with Crippen molar-refractivity contribution in [3.05, 3.63) is 35.5 Å². The number of hydrogen-bond acceptors (Lipinski definition) is 6. The van der Waals surface area contributed by atoms with E-state index in [1.165, 1.54) is 27.0 Å². The predicted molar refractivity (Wildman–Crippen MR) is 83.8 cm³/mol. The molecule has 0 saturated carbocycles. The summed E-state index contributed by atoms with van der Waals surface area (Å²) in [5, 5.41) is 3.47. The second-order valence-electron chi connectivity index (χ2n) is 5.20. The third-order valence-corrected chi connectivity index (χ3v) is 3.60. The SMILES string of the molecule is CC(=O)c1cccc(NC=C2C(=O)OC(C)(C)OC2=O)c1P. The molecular weight excluding hydrogens is 305 g/mol. The van der Waals surface area contributed by atoms with Gasteiger partial charge in [-0.2, -0.15) is 0 Å². The lowest BCUT2D eigenvalue weighted by Crippen LogP contribution is -2.42. The third-order valence-electron chi connectivity index (χ3n) is 2.97. The first kappa shape index (κ1) is 16.2. The van der Waals surface area contributed by atoms with Crippen molar-refractivity contribution >= 4 is 38.0 Å². The summed E-state index contributed by atoms with van der Waals surface area (Å²) in [5.74, 6) is -2.88. The highest BCUT2D eigenvalue weighted by atomic mass is 31.0. The topological polar surface area (TPSA) is 81.7 Å². The van der Waals surface area contributed by atoms with Crippen molar-refractivity contribution in [2.75, 3.05) is 5.32 Å². The highest BCUT2D eigenvalue weighted by molar-refractivity contribution is 7.28. The van der Waals surface area contributed by atoms with Gasteiger partial charge in [-0.3, -0.25) is 4.79 Å². The van der Waals surface area contributed by atoms with E-state index in [1.54, 1.807) is 18.2 Å². The Kier molecular flexibility index (Phi) is 4.33. The quantitative estimate of drug-likeness (QED) is 0.299. The Bertz CT molecular complexity index is 671. The van der Waals surface area contributed by atoms with Gasteiger partial charge in [0.1, 0.15) is 0 Å². The third kappa shape index (κ3) is 3.34. The summed E-state index contributed by atoms with van der Waals surface area (Å²) < 4.78 is 9.98. The first-order valence-electron chi connectivity index (χ1n) is 6.54. The molecule has 1 atom stereocenters. The highest BCUT2D eigenvalue weighted by Gasteiger charge is 2.38. The van der Waals surface area contributed by atoms with E-state index < -0.39 is 17.7 Å². The normalized spacial score (nSPS) is 16.6. The number of esters is 2. The van der Waals surface area contributed by atoms with Crippen LogP contribution >= 0.6 is 9.24 Å². The van der Waals surface area contributed by atoms with Gasteiger partial charge < -0.3 is 14.8 Å². The van der Waals surface area contributed by atoms with Gasteiger partial charge in [-0.05, 0) is 13.0 Å². The number of ketones is 1. The molecule has 1 fully saturated rings. The van der Waals surface area contributed by atoms with E-state index in [0.717, 1.165) is 0 Å². The summed E-state index contributed by atoms with van der Waals surface area (Å²) >= 11 is 0. The predicted octanol–water partition coefficient (Wildman–Crippen LogP) is 1.52. The van der Waals surface area contributed by atoms with Gasteiger partial charge in [0.05, 0.1) is 0 Å². The minimum atomic E-state index is -1.27. The molecule has 1 aliphatic heterocycles. The number of Topliss-reactive ketones (excluding diaryl/α,β-unsaturated/α-hetero) is 1. The molecule has 1 aromatic rings. The van der Waals surface area contributed by atoms with E-state index in [1.807, 2.05) is 0 Å². The fourth-order valence-corrected chi connectivity index (χ4v) is 2.41. The smallest absolute Gasteiger partial charge is 0.350 e. The Morgan fingerprint density at radius 1 is 1.23 bits per heavy atom. The fourth-order valence-electron chi connectivity index (χ4n) is 1.93. The summed E-state index contributed by atoms with van der Waals surface area (Å²) in [7, 11) is 2.46. The molecule has 6 nitrogen and oxygen atoms in total. The Hall–Kier alpha value is -2.20. The molecule has 116 valence electrons. The van der Waals surface area contributed by atoms with Crippen LogP contribution in [-0.2, 0) is 19.1 Å². The molecule has 0 amide bonds. The maximum absolute atomic E-state index is 11.8. The molecule has 0 radical (unpaired) electrons. The van der Waals surface area contributed by atoms with Crippen LogP contribution in [0.15, 0.2) is 30.0 Å². The van der Waals surface area contributed by atoms with Crippen LogP contribution < -0.4 is 10.6 Å². The number of rotatable bonds is 3. The molecule has 1 aliphatic rings. The average Bonchev–Trinajstić information content (AvgIpc) is 2.37. The molecule has 1 saturated heterocycles. The van der Waals surface area contributed by atoms with Gasteiger partial charge in [0.15, 0.2) is 11.4 Å². The van der Waals surface area contributed by atoms with Crippen molar-refractivity contribution in [2.45, 2.75) is 26.6 Å². The molecule has 0 bridgehead atoms. The monoisotopic (exact) mass is 321 g/mol. The van der Waals surface area contributed by atoms with Crippen LogP contribution in [0, 0.1) is 0 Å². The molecule has 1 N–H and O–H groups in total. The second kappa shape index (κ2) is 5.89. The maximum atomic E-state index is 11.8. The van der Waals surface area contributed by atoms with E-state index in [-0.39, 0.29) is 11.4 Å². The van der Waals surface area contributed by atoms with Crippen LogP contribution in [0.25, 0.3) is 0 Å². The van der Waals surface area contributed by atoms with E-state index in [2.05, 4.69) is 14.6 Å². The Balaban J connectivity index is 2.26. The van der Waals surface area contributed by atoms with Crippen molar-refractivity contribution in [1.82, 2.24) is 0 Å². The standard InChI is InChI=1S/C15H16NO5P/c1-8(17)9-5-4-6-11(12(9)22)16-7-10-13(18)20-15(2,3)21-14(10)19/h4-7,16H,22H2,1-3H3. The summed E-state index contributed by atoms with van der Waals surface area (Å²) in [4.78, 5) is 35.1.